The number of nitrogens with one attached hydrogen (secondary N) is 1. The molecule has 0 fully saturated rings. The monoisotopic (exact) mass is 384 g/mol. The molecule has 0 aliphatic carbocycles. The lowest BCUT2D eigenvalue weighted by molar-refractivity contribution is -0.147. The molecule has 0 bridgehead atoms. The van der Waals surface area contributed by atoms with Crippen molar-refractivity contribution in [1.82, 2.24) is 9.88 Å². The van der Waals surface area contributed by atoms with Crippen LogP contribution in [0, 0.1) is 19.3 Å². The molecule has 28 heavy (non-hydrogen) atoms. The SMILES string of the molecule is Cc1cc(C(=O)COC(=O)C(C)NC(=O)C(C)(C)C)c(C)n1-c1ccccc1. The molecular weight excluding hydrogens is 356 g/mol. The van der Waals surface area contributed by atoms with Crippen LogP contribution in [0.5, 0.6) is 0 Å². The lowest BCUT2D eigenvalue weighted by Gasteiger charge is -2.20. The van der Waals surface area contributed by atoms with Crippen molar-refractivity contribution in [3.63, 3.8) is 0 Å². The average Bonchev–Trinajstić information content (AvgIpc) is 2.93. The number of esters is 1. The van der Waals surface area contributed by atoms with Gasteiger partial charge >= 0.3 is 5.97 Å². The number of ketones is 1. The summed E-state index contributed by atoms with van der Waals surface area (Å²) in [5, 5.41) is 2.60. The maximum atomic E-state index is 12.6. The molecule has 1 heterocycles. The number of benzene rings is 1. The molecule has 0 saturated heterocycles. The van der Waals surface area contributed by atoms with Gasteiger partial charge in [-0.25, -0.2) is 4.79 Å². The first kappa shape index (κ1) is 21.4. The van der Waals surface area contributed by atoms with Crippen molar-refractivity contribution in [3.05, 3.63) is 53.3 Å². The third-order valence-corrected chi connectivity index (χ3v) is 4.47. The second-order valence-electron chi connectivity index (χ2n) is 7.93. The van der Waals surface area contributed by atoms with Gasteiger partial charge in [0.05, 0.1) is 0 Å². The third kappa shape index (κ3) is 4.88. The largest absolute Gasteiger partial charge is 0.456 e. The van der Waals surface area contributed by atoms with Crippen molar-refractivity contribution in [3.8, 4) is 5.69 Å². The van der Waals surface area contributed by atoms with E-state index in [9.17, 15) is 14.4 Å². The molecule has 0 spiro atoms. The van der Waals surface area contributed by atoms with Crippen molar-refractivity contribution >= 4 is 17.7 Å². The third-order valence-electron chi connectivity index (χ3n) is 4.47. The Balaban J connectivity index is 2.04. The molecule has 0 radical (unpaired) electrons. The Labute approximate surface area is 165 Å². The Kier molecular flexibility index (Phi) is 6.44. The van der Waals surface area contributed by atoms with Crippen molar-refractivity contribution in [2.75, 3.05) is 6.61 Å². The zero-order valence-electron chi connectivity index (χ0n) is 17.3. The molecule has 1 aromatic carbocycles. The first-order valence-electron chi connectivity index (χ1n) is 9.27. The van der Waals surface area contributed by atoms with E-state index in [2.05, 4.69) is 5.32 Å². The molecule has 1 unspecified atom stereocenters. The number of ether oxygens (including phenoxy) is 1. The molecule has 1 aromatic heterocycles. The van der Waals surface area contributed by atoms with E-state index in [1.807, 2.05) is 48.7 Å². The minimum absolute atomic E-state index is 0.255. The van der Waals surface area contributed by atoms with E-state index in [0.29, 0.717) is 5.56 Å². The minimum atomic E-state index is -0.823. The summed E-state index contributed by atoms with van der Waals surface area (Å²) in [6, 6.07) is 10.7. The van der Waals surface area contributed by atoms with Crippen LogP contribution in [-0.4, -0.2) is 34.9 Å². The number of carbonyl (C=O) groups is 3. The van der Waals surface area contributed by atoms with Crippen molar-refractivity contribution in [2.45, 2.75) is 47.6 Å². The van der Waals surface area contributed by atoms with Crippen LogP contribution in [0.3, 0.4) is 0 Å². The van der Waals surface area contributed by atoms with Crippen LogP contribution in [0.15, 0.2) is 36.4 Å². The molecule has 6 heteroatoms. The summed E-state index contributed by atoms with van der Waals surface area (Å²) >= 11 is 0. The zero-order valence-corrected chi connectivity index (χ0v) is 17.3. The summed E-state index contributed by atoms with van der Waals surface area (Å²) in [6.45, 7) is 10.2. The molecular formula is C22H28N2O4. The second-order valence-corrected chi connectivity index (χ2v) is 7.93. The molecule has 2 rings (SSSR count). The van der Waals surface area contributed by atoms with Crippen LogP contribution < -0.4 is 5.32 Å². The quantitative estimate of drug-likeness (QED) is 0.612. The molecule has 150 valence electrons. The Morgan fingerprint density at radius 3 is 2.29 bits per heavy atom. The highest BCUT2D eigenvalue weighted by atomic mass is 16.5. The lowest BCUT2D eigenvalue weighted by atomic mass is 9.95. The lowest BCUT2D eigenvalue weighted by Crippen LogP contribution is -2.45. The van der Waals surface area contributed by atoms with Crippen molar-refractivity contribution in [2.24, 2.45) is 5.41 Å². The van der Waals surface area contributed by atoms with E-state index in [4.69, 9.17) is 4.74 Å². The topological polar surface area (TPSA) is 77.4 Å². The van der Waals surface area contributed by atoms with Crippen LogP contribution in [-0.2, 0) is 14.3 Å². The number of nitrogens with zero attached hydrogens (tertiary/aromatic N) is 1. The van der Waals surface area contributed by atoms with Gasteiger partial charge in [-0.2, -0.15) is 0 Å². The van der Waals surface area contributed by atoms with Crippen LogP contribution >= 0.6 is 0 Å². The predicted octanol–water partition coefficient (Wildman–Crippen LogP) is 3.37. The molecule has 0 aliphatic rings. The highest BCUT2D eigenvalue weighted by Gasteiger charge is 2.26. The van der Waals surface area contributed by atoms with Crippen LogP contribution in [0.2, 0.25) is 0 Å². The molecule has 6 nitrogen and oxygen atoms in total. The first-order chi connectivity index (χ1) is 13.0. The summed E-state index contributed by atoms with van der Waals surface area (Å²) in [6.07, 6.45) is 0. The van der Waals surface area contributed by atoms with Gasteiger partial charge in [0.25, 0.3) is 0 Å². The summed E-state index contributed by atoms with van der Waals surface area (Å²) in [4.78, 5) is 36.7. The van der Waals surface area contributed by atoms with Crippen LogP contribution in [0.25, 0.3) is 5.69 Å². The number of hydrogen-bond acceptors (Lipinski definition) is 4. The fourth-order valence-corrected chi connectivity index (χ4v) is 2.83. The fraction of sp³-hybridized carbons (Fsp3) is 0.409. The van der Waals surface area contributed by atoms with Gasteiger partial charge in [0.1, 0.15) is 6.04 Å². The number of aryl methyl sites for hydroxylation is 1. The Morgan fingerprint density at radius 2 is 1.71 bits per heavy atom. The predicted molar refractivity (Wildman–Crippen MR) is 108 cm³/mol. The van der Waals surface area contributed by atoms with Gasteiger partial charge in [0.2, 0.25) is 11.7 Å². The number of Topliss-reactive ketones (excluding diaryl/α,β-unsaturated/α-hetero) is 1. The van der Waals surface area contributed by atoms with Gasteiger partial charge in [-0.05, 0) is 39.0 Å². The fourth-order valence-electron chi connectivity index (χ4n) is 2.83. The summed E-state index contributed by atoms with van der Waals surface area (Å²) in [5.74, 6) is -1.17. The van der Waals surface area contributed by atoms with Gasteiger partial charge in [-0.3, -0.25) is 9.59 Å². The highest BCUT2D eigenvalue weighted by Crippen LogP contribution is 2.21. The zero-order chi connectivity index (χ0) is 21.1. The average molecular weight is 384 g/mol. The molecule has 0 aliphatic heterocycles. The summed E-state index contributed by atoms with van der Waals surface area (Å²) in [5.41, 5.74) is 2.58. The standard InChI is InChI=1S/C22H28N2O4/c1-14-12-18(16(3)24(14)17-10-8-7-9-11-17)19(25)13-28-20(26)15(2)23-21(27)22(4,5)6/h7-12,15H,13H2,1-6H3,(H,23,27). The molecule has 1 atom stereocenters. The minimum Gasteiger partial charge on any atom is -0.456 e. The number of amides is 1. The van der Waals surface area contributed by atoms with Crippen molar-refractivity contribution in [1.29, 1.82) is 0 Å². The number of hydrogen-bond donors (Lipinski definition) is 1. The Morgan fingerprint density at radius 1 is 1.11 bits per heavy atom. The number of carbonyl (C=O) groups excluding carboxylic acids is 3. The van der Waals surface area contributed by atoms with E-state index >= 15 is 0 Å². The van der Waals surface area contributed by atoms with E-state index in [1.165, 1.54) is 6.92 Å². The number of aromatic nitrogens is 1. The molecule has 1 amide bonds. The summed E-state index contributed by atoms with van der Waals surface area (Å²) in [7, 11) is 0. The summed E-state index contributed by atoms with van der Waals surface area (Å²) < 4.78 is 7.12. The van der Waals surface area contributed by atoms with Gasteiger partial charge in [0.15, 0.2) is 6.61 Å². The molecule has 0 saturated carbocycles. The second kappa shape index (κ2) is 8.42. The van der Waals surface area contributed by atoms with Gasteiger partial charge in [-0.15, -0.1) is 0 Å². The van der Waals surface area contributed by atoms with Gasteiger partial charge in [0, 0.05) is 28.1 Å². The Hall–Kier alpha value is -2.89. The van der Waals surface area contributed by atoms with Crippen LogP contribution in [0.4, 0.5) is 0 Å². The van der Waals surface area contributed by atoms with E-state index in [-0.39, 0.29) is 18.3 Å². The normalized spacial score (nSPS) is 12.4. The Bertz CT molecular complexity index is 876. The molecule has 2 aromatic rings. The van der Waals surface area contributed by atoms with E-state index in [1.54, 1.807) is 26.8 Å². The van der Waals surface area contributed by atoms with Gasteiger partial charge < -0.3 is 14.6 Å². The highest BCUT2D eigenvalue weighted by molar-refractivity contribution is 5.99. The van der Waals surface area contributed by atoms with E-state index < -0.39 is 17.4 Å². The van der Waals surface area contributed by atoms with Crippen LogP contribution in [0.1, 0.15) is 49.4 Å². The van der Waals surface area contributed by atoms with Crippen molar-refractivity contribution < 1.29 is 19.1 Å². The first-order valence-corrected chi connectivity index (χ1v) is 9.27. The van der Waals surface area contributed by atoms with E-state index in [0.717, 1.165) is 17.1 Å². The van der Waals surface area contributed by atoms with Gasteiger partial charge in [-0.1, -0.05) is 39.0 Å². The maximum absolute atomic E-state index is 12.6. The maximum Gasteiger partial charge on any atom is 0.328 e. The number of para-hydroxylation sites is 1. The smallest absolute Gasteiger partial charge is 0.328 e. The number of rotatable bonds is 6. The molecule has 1 N–H and O–H groups in total.